The molecule has 2 heterocycles. The van der Waals surface area contributed by atoms with Gasteiger partial charge in [-0.15, -0.1) is 5.10 Å². The van der Waals surface area contributed by atoms with E-state index in [-0.39, 0.29) is 51.1 Å². The maximum Gasteiger partial charge on any atom is 0.210 e. The van der Waals surface area contributed by atoms with E-state index in [9.17, 15) is 4.79 Å². The van der Waals surface area contributed by atoms with E-state index < -0.39 is 0 Å². The molecule has 0 aromatic rings. The zero-order chi connectivity index (χ0) is 34.9. The SMILES string of the molecule is CC(C)[C@@H](C)[C@@]1(C)CC[C@]2(C)[C@H]3CC[C@@H]4[C@@]5(COC[C@]4(C)[C@@H](OCCN4CCN(C)CC4)[C@H](N(N)N=C(N)N)C5)C3=CC[C@@]2(C)[C@@H]1C=O. The standard InChI is InChI=1S/C38H67N7O3/c1-25(2)26(3)34(4)13-14-36(6)27-9-10-30-35(5)23-47-24-38(30,28(27)11-12-37(36,7)31(34)22-46)21-29(45(41)42-33(39)40)32(35)48-20-19-44-17-15-43(8)16-18-44/h11,22,25-27,29-32H,9-10,12-21,23-24,41H2,1-8H3,(H4,39,40,42)/t26-,27+,29-,30+,31-,32+,34-,35+,36-,37+,38+/m1/s1. The van der Waals surface area contributed by atoms with Crippen LogP contribution in [-0.4, -0.2) is 98.9 Å². The summed E-state index contributed by atoms with van der Waals surface area (Å²) in [5.74, 6) is 8.56. The Balaban J connectivity index is 1.35. The number of carbonyl (C=O) groups excluding carboxylic acids is 1. The van der Waals surface area contributed by atoms with Gasteiger partial charge >= 0.3 is 0 Å². The highest BCUT2D eigenvalue weighted by Gasteiger charge is 2.71. The molecule has 0 amide bonds. The average molecular weight is 670 g/mol. The monoisotopic (exact) mass is 670 g/mol. The molecule has 0 aromatic carbocycles. The largest absolute Gasteiger partial charge is 0.380 e. The second kappa shape index (κ2) is 12.8. The number of guanidine groups is 1. The van der Waals surface area contributed by atoms with Crippen molar-refractivity contribution in [1.82, 2.24) is 14.9 Å². The van der Waals surface area contributed by atoms with Crippen LogP contribution in [0.15, 0.2) is 16.8 Å². The van der Waals surface area contributed by atoms with Crippen molar-refractivity contribution in [2.75, 3.05) is 59.6 Å². The van der Waals surface area contributed by atoms with Gasteiger partial charge in [-0.1, -0.05) is 60.1 Å². The number of likely N-dealkylation sites (N-methyl/N-ethyl adjacent to an activating group) is 1. The van der Waals surface area contributed by atoms with Crippen molar-refractivity contribution in [3.05, 3.63) is 11.6 Å². The fraction of sp³-hybridized carbons (Fsp3) is 0.895. The van der Waals surface area contributed by atoms with Gasteiger partial charge in [-0.3, -0.25) is 4.90 Å². The number of hydrazine groups is 1. The summed E-state index contributed by atoms with van der Waals surface area (Å²) in [5, 5.41) is 5.91. The molecule has 2 bridgehead atoms. The lowest BCUT2D eigenvalue weighted by Gasteiger charge is -2.71. The highest BCUT2D eigenvalue weighted by molar-refractivity contribution is 5.75. The molecule has 0 spiro atoms. The van der Waals surface area contributed by atoms with Crippen LogP contribution in [0.4, 0.5) is 0 Å². The van der Waals surface area contributed by atoms with E-state index in [2.05, 4.69) is 76.5 Å². The van der Waals surface area contributed by atoms with Crippen LogP contribution in [0, 0.1) is 56.7 Å². The third-order valence-electron chi connectivity index (χ3n) is 16.0. The molecule has 11 atom stereocenters. The maximum atomic E-state index is 13.2. The number of nitrogens with two attached hydrogens (primary N) is 3. The van der Waals surface area contributed by atoms with E-state index in [0.29, 0.717) is 43.5 Å². The predicted octanol–water partition coefficient (Wildman–Crippen LogP) is 4.05. The van der Waals surface area contributed by atoms with E-state index in [1.54, 1.807) is 5.57 Å². The van der Waals surface area contributed by atoms with Gasteiger partial charge in [0.05, 0.1) is 32.0 Å². The number of allylic oxidation sites excluding steroid dienone is 1. The van der Waals surface area contributed by atoms with Crippen LogP contribution in [0.1, 0.15) is 87.0 Å². The number of rotatable bonds is 9. The molecule has 2 aliphatic heterocycles. The molecule has 6 rings (SSSR count). The number of hydrogen-bond donors (Lipinski definition) is 3. The number of fused-ring (bicyclic) bond motifs is 3. The number of piperazine rings is 1. The molecular weight excluding hydrogens is 602 g/mol. The molecule has 6 N–H and O–H groups in total. The number of hydrogen-bond acceptors (Lipinski definition) is 8. The Kier molecular flexibility index (Phi) is 9.62. The van der Waals surface area contributed by atoms with Crippen molar-refractivity contribution in [2.24, 2.45) is 79.1 Å². The van der Waals surface area contributed by atoms with Crippen LogP contribution in [0.3, 0.4) is 0 Å². The topological polar surface area (TPSA) is 136 Å². The van der Waals surface area contributed by atoms with Crippen molar-refractivity contribution < 1.29 is 14.3 Å². The van der Waals surface area contributed by atoms with Gasteiger partial charge in [-0.25, -0.2) is 11.0 Å². The predicted molar refractivity (Wildman–Crippen MR) is 191 cm³/mol. The Labute approximate surface area is 290 Å². The Bertz CT molecular complexity index is 1260. The minimum absolute atomic E-state index is 0.0116. The first-order valence-electron chi connectivity index (χ1n) is 19.0. The first-order valence-corrected chi connectivity index (χ1v) is 19.0. The molecule has 0 aromatic heterocycles. The van der Waals surface area contributed by atoms with Gasteiger partial charge < -0.3 is 30.6 Å². The van der Waals surface area contributed by atoms with E-state index >= 15 is 0 Å². The van der Waals surface area contributed by atoms with Crippen LogP contribution < -0.4 is 17.3 Å². The normalized spacial score (nSPS) is 45.3. The van der Waals surface area contributed by atoms with E-state index in [4.69, 9.17) is 26.8 Å². The first kappa shape index (κ1) is 36.1. The van der Waals surface area contributed by atoms with E-state index in [0.717, 1.165) is 71.2 Å². The molecule has 6 aliphatic rings. The van der Waals surface area contributed by atoms with Crippen LogP contribution in [0.2, 0.25) is 0 Å². The van der Waals surface area contributed by atoms with E-state index in [1.165, 1.54) is 11.4 Å². The Morgan fingerprint density at radius 1 is 1.08 bits per heavy atom. The van der Waals surface area contributed by atoms with Crippen LogP contribution >= 0.6 is 0 Å². The second-order valence-electron chi connectivity index (χ2n) is 18.3. The second-order valence-corrected chi connectivity index (χ2v) is 18.3. The minimum Gasteiger partial charge on any atom is -0.380 e. The summed E-state index contributed by atoms with van der Waals surface area (Å²) in [7, 11) is 2.19. The summed E-state index contributed by atoms with van der Waals surface area (Å²) in [6, 6.07) is -0.199. The van der Waals surface area contributed by atoms with E-state index in [1.807, 2.05) is 0 Å². The number of nitrogens with zero attached hydrogens (tertiary/aromatic N) is 4. The fourth-order valence-corrected chi connectivity index (χ4v) is 12.5. The van der Waals surface area contributed by atoms with Crippen molar-refractivity contribution in [3.63, 3.8) is 0 Å². The van der Waals surface area contributed by atoms with Gasteiger partial charge in [-0.2, -0.15) is 0 Å². The van der Waals surface area contributed by atoms with Crippen molar-refractivity contribution in [1.29, 1.82) is 0 Å². The summed E-state index contributed by atoms with van der Waals surface area (Å²) in [6.07, 6.45) is 9.94. The fourth-order valence-electron chi connectivity index (χ4n) is 12.5. The zero-order valence-electron chi connectivity index (χ0n) is 31.3. The highest BCUT2D eigenvalue weighted by atomic mass is 16.5. The Hall–Kier alpha value is -1.72. The van der Waals surface area contributed by atoms with Crippen LogP contribution in [0.25, 0.3) is 0 Å². The first-order chi connectivity index (χ1) is 22.6. The molecular formula is C38H67N7O3. The Morgan fingerprint density at radius 2 is 1.79 bits per heavy atom. The zero-order valence-corrected chi connectivity index (χ0v) is 31.3. The van der Waals surface area contributed by atoms with Gasteiger partial charge in [0.2, 0.25) is 5.96 Å². The summed E-state index contributed by atoms with van der Waals surface area (Å²) in [5.41, 5.74) is 12.9. The van der Waals surface area contributed by atoms with Gasteiger partial charge in [0, 0.05) is 49.5 Å². The summed E-state index contributed by atoms with van der Waals surface area (Å²) < 4.78 is 13.6. The van der Waals surface area contributed by atoms with Crippen molar-refractivity contribution in [3.8, 4) is 0 Å². The number of hydrazone groups is 1. The average Bonchev–Trinajstić information content (AvgIpc) is 3.02. The van der Waals surface area contributed by atoms with Gasteiger partial charge in [0.15, 0.2) is 0 Å². The molecule has 48 heavy (non-hydrogen) atoms. The summed E-state index contributed by atoms with van der Waals surface area (Å²) in [6.45, 7) is 23.9. The molecule has 272 valence electrons. The van der Waals surface area contributed by atoms with Crippen molar-refractivity contribution >= 4 is 12.2 Å². The smallest absolute Gasteiger partial charge is 0.210 e. The highest BCUT2D eigenvalue weighted by Crippen LogP contribution is 2.74. The maximum absolute atomic E-state index is 13.2. The minimum atomic E-state index is -0.254. The molecule has 4 aliphatic carbocycles. The lowest BCUT2D eigenvalue weighted by molar-refractivity contribution is -0.254. The summed E-state index contributed by atoms with van der Waals surface area (Å²) >= 11 is 0. The van der Waals surface area contributed by atoms with Crippen LogP contribution in [0.5, 0.6) is 0 Å². The van der Waals surface area contributed by atoms with Gasteiger partial charge in [0.1, 0.15) is 6.29 Å². The molecule has 5 fully saturated rings. The lowest BCUT2D eigenvalue weighted by Crippen LogP contribution is -2.72. The molecule has 10 heteroatoms. The molecule has 0 unspecified atom stereocenters. The van der Waals surface area contributed by atoms with Crippen molar-refractivity contribution in [2.45, 2.75) is 99.1 Å². The summed E-state index contributed by atoms with van der Waals surface area (Å²) in [4.78, 5) is 18.1. The Morgan fingerprint density at radius 3 is 2.44 bits per heavy atom. The number of carbonyl (C=O) groups is 1. The van der Waals surface area contributed by atoms with Gasteiger partial charge in [0.25, 0.3) is 0 Å². The van der Waals surface area contributed by atoms with Crippen LogP contribution in [-0.2, 0) is 14.3 Å². The quantitative estimate of drug-likeness (QED) is 0.0830. The molecule has 2 saturated heterocycles. The third kappa shape index (κ3) is 5.37. The molecule has 10 nitrogen and oxygen atoms in total. The lowest BCUT2D eigenvalue weighted by atomic mass is 9.34. The molecule has 0 radical (unpaired) electrons. The number of aldehydes is 1. The number of ether oxygens (including phenoxy) is 2. The molecule has 3 saturated carbocycles. The third-order valence-corrected chi connectivity index (χ3v) is 16.0. The van der Waals surface area contributed by atoms with Gasteiger partial charge in [-0.05, 0) is 85.5 Å².